The zero-order chi connectivity index (χ0) is 11.9. The normalized spacial score (nSPS) is 11.2. The van der Waals surface area contributed by atoms with Gasteiger partial charge >= 0.3 is 59.1 Å². The van der Waals surface area contributed by atoms with Crippen molar-refractivity contribution < 1.29 is 85.1 Å². The van der Waals surface area contributed by atoms with Crippen molar-refractivity contribution in [2.24, 2.45) is 0 Å². The van der Waals surface area contributed by atoms with E-state index in [4.69, 9.17) is 5.73 Å². The zero-order valence-corrected chi connectivity index (χ0v) is 14.7. The second-order valence-corrected chi connectivity index (χ2v) is 5.25. The molecule has 1 rings (SSSR count). The molecule has 0 aliphatic heterocycles. The third-order valence-electron chi connectivity index (χ3n) is 1.53. The predicted molar refractivity (Wildman–Crippen MR) is 46.8 cm³/mol. The molecule has 0 atom stereocenters. The summed E-state index contributed by atoms with van der Waals surface area (Å²) in [6.45, 7) is 0. The van der Waals surface area contributed by atoms with Crippen LogP contribution in [0.25, 0.3) is 0 Å². The Bertz CT molecular complexity index is 597. The topological polar surface area (TPSA) is 140 Å². The third kappa shape index (κ3) is 5.15. The van der Waals surface area contributed by atoms with Crippen molar-refractivity contribution in [1.29, 1.82) is 0 Å². The van der Waals surface area contributed by atoms with E-state index in [0.29, 0.717) is 6.07 Å². The van der Waals surface area contributed by atoms with Crippen LogP contribution in [0.5, 0.6) is 0 Å². The van der Waals surface area contributed by atoms with Crippen molar-refractivity contribution in [2.75, 3.05) is 5.73 Å². The summed E-state index contributed by atoms with van der Waals surface area (Å²) in [5.74, 6) is 0. The van der Waals surface area contributed by atoms with Crippen molar-refractivity contribution in [3.05, 3.63) is 18.2 Å². The van der Waals surface area contributed by atoms with Gasteiger partial charge in [-0.3, -0.25) is 0 Å². The first-order chi connectivity index (χ1) is 6.64. The molecular weight excluding hydrogens is 292 g/mol. The second-order valence-electron chi connectivity index (χ2n) is 2.58. The molecule has 0 aromatic heterocycles. The number of rotatable bonds is 2. The van der Waals surface area contributed by atoms with Crippen LogP contribution in [-0.4, -0.2) is 25.9 Å². The molecule has 0 spiro atoms. The monoisotopic (exact) mass is 297 g/mol. The van der Waals surface area contributed by atoms with Crippen LogP contribution in [-0.2, 0) is 20.2 Å². The van der Waals surface area contributed by atoms with E-state index in [9.17, 15) is 25.9 Å². The first-order valence-electron chi connectivity index (χ1n) is 3.44. The van der Waals surface area contributed by atoms with Gasteiger partial charge in [-0.25, -0.2) is 16.8 Å². The molecule has 0 amide bonds. The van der Waals surface area contributed by atoms with E-state index in [1.54, 1.807) is 0 Å². The molecule has 0 heterocycles. The average molecular weight is 297 g/mol. The van der Waals surface area contributed by atoms with E-state index in [-0.39, 0.29) is 59.1 Å². The van der Waals surface area contributed by atoms with Gasteiger partial charge in [0.15, 0.2) is 0 Å². The second kappa shape index (κ2) is 6.85. The van der Waals surface area contributed by atoms with Gasteiger partial charge in [0, 0.05) is 0 Å². The van der Waals surface area contributed by atoms with Gasteiger partial charge in [-0.05, 0) is 12.1 Å². The van der Waals surface area contributed by atoms with Crippen LogP contribution in [0.1, 0.15) is 0 Å². The van der Waals surface area contributed by atoms with Crippen LogP contribution >= 0.6 is 0 Å². The molecule has 17 heavy (non-hydrogen) atoms. The molecule has 7 nitrogen and oxygen atoms in total. The third-order valence-corrected chi connectivity index (χ3v) is 3.49. The minimum atomic E-state index is -5.10. The van der Waals surface area contributed by atoms with Crippen molar-refractivity contribution in [1.82, 2.24) is 0 Å². The van der Waals surface area contributed by atoms with E-state index in [1.807, 2.05) is 0 Å². The Morgan fingerprint density at radius 2 is 1.41 bits per heavy atom. The first kappa shape index (κ1) is 20.2. The summed E-state index contributed by atoms with van der Waals surface area (Å²) >= 11 is 0. The average Bonchev–Trinajstić information content (AvgIpc) is 1.99. The minimum Gasteiger partial charge on any atom is -0.744 e. The van der Waals surface area contributed by atoms with Gasteiger partial charge in [-0.15, -0.1) is 0 Å². The maximum absolute atomic E-state index is 10.7. The van der Waals surface area contributed by atoms with Crippen LogP contribution < -0.4 is 64.8 Å². The molecule has 0 bridgehead atoms. The Morgan fingerprint density at radius 1 is 0.941 bits per heavy atom. The number of nitrogens with two attached hydrogens (primary N) is 1. The number of nitrogen functional groups attached to an aromatic ring is 1. The largest absolute Gasteiger partial charge is 1.00 e. The number of hydrogen-bond acceptors (Lipinski definition) is 7. The van der Waals surface area contributed by atoms with Gasteiger partial charge in [0.05, 0.1) is 15.5 Å². The van der Waals surface area contributed by atoms with E-state index in [1.165, 1.54) is 0 Å². The summed E-state index contributed by atoms with van der Waals surface area (Å²) in [4.78, 5) is -2.32. The fraction of sp³-hybridized carbons (Fsp3) is 0. The summed E-state index contributed by atoms with van der Waals surface area (Å²) in [5.41, 5.74) is 4.55. The van der Waals surface area contributed by atoms with E-state index in [2.05, 4.69) is 0 Å². The van der Waals surface area contributed by atoms with Gasteiger partial charge < -0.3 is 14.8 Å². The summed E-state index contributed by atoms with van der Waals surface area (Å²) in [7, 11) is -10.1. The van der Waals surface area contributed by atoms with Crippen molar-refractivity contribution in [3.63, 3.8) is 0 Å². The van der Waals surface area contributed by atoms with E-state index in [0.717, 1.165) is 12.1 Å². The van der Waals surface area contributed by atoms with Crippen molar-refractivity contribution >= 4 is 25.9 Å². The van der Waals surface area contributed by atoms with Crippen molar-refractivity contribution in [3.8, 4) is 0 Å². The van der Waals surface area contributed by atoms with Crippen molar-refractivity contribution in [2.45, 2.75) is 9.79 Å². The number of hydrogen-bond donors (Lipinski definition) is 1. The van der Waals surface area contributed by atoms with Gasteiger partial charge in [0.1, 0.15) is 20.2 Å². The molecule has 0 unspecified atom stereocenters. The quantitative estimate of drug-likeness (QED) is 0.325. The van der Waals surface area contributed by atoms with Crippen LogP contribution in [0.3, 0.4) is 0 Å². The fourth-order valence-corrected chi connectivity index (χ4v) is 2.87. The fourth-order valence-electron chi connectivity index (χ4n) is 0.997. The van der Waals surface area contributed by atoms with E-state index >= 15 is 0 Å². The van der Waals surface area contributed by atoms with Crippen LogP contribution in [0.15, 0.2) is 28.0 Å². The first-order valence-corrected chi connectivity index (χ1v) is 6.26. The van der Waals surface area contributed by atoms with Gasteiger partial charge in [0.25, 0.3) is 0 Å². The number of benzene rings is 1. The summed E-state index contributed by atoms with van der Waals surface area (Å²) < 4.78 is 64.0. The summed E-state index contributed by atoms with van der Waals surface area (Å²) in [6, 6.07) is 2.79. The maximum Gasteiger partial charge on any atom is 1.00 e. The Kier molecular flexibility index (Phi) is 8.12. The maximum atomic E-state index is 10.7. The van der Waals surface area contributed by atoms with Crippen LogP contribution in [0.4, 0.5) is 5.69 Å². The Balaban J connectivity index is 0. The molecular formula is C6H5NNa2O6S2. The Labute approximate surface area is 143 Å². The van der Waals surface area contributed by atoms with Crippen LogP contribution in [0, 0.1) is 0 Å². The molecule has 1 aromatic carbocycles. The smallest absolute Gasteiger partial charge is 0.744 e. The predicted octanol–water partition coefficient (Wildman–Crippen LogP) is -6.92. The van der Waals surface area contributed by atoms with Gasteiger partial charge in [0.2, 0.25) is 0 Å². The number of anilines is 1. The Hall–Kier alpha value is 0.840. The summed E-state index contributed by atoms with van der Waals surface area (Å²) in [6.07, 6.45) is 0. The molecule has 11 heteroatoms. The van der Waals surface area contributed by atoms with Crippen LogP contribution in [0.2, 0.25) is 0 Å². The molecule has 0 aliphatic carbocycles. The minimum absolute atomic E-state index is 0. The molecule has 0 radical (unpaired) electrons. The molecule has 0 aliphatic rings. The molecule has 0 saturated carbocycles. The molecule has 2 N–H and O–H groups in total. The van der Waals surface area contributed by atoms with E-state index < -0.39 is 35.7 Å². The molecule has 0 saturated heterocycles. The summed E-state index contributed by atoms with van der Waals surface area (Å²) in [5, 5.41) is 0. The Morgan fingerprint density at radius 3 is 1.71 bits per heavy atom. The zero-order valence-electron chi connectivity index (χ0n) is 9.08. The standard InChI is InChI=1S/C6H7NO6S2.2Na/c7-4-2-1-3-5(14(8,9)10)6(4)15(11,12)13;;/h1-3H,7H2,(H,8,9,10)(H,11,12,13);;/q;2*+1/p-2. The molecule has 0 fully saturated rings. The molecule has 1 aromatic rings. The van der Waals surface area contributed by atoms with Gasteiger partial charge in [-0.1, -0.05) is 6.07 Å². The van der Waals surface area contributed by atoms with Gasteiger partial charge in [-0.2, -0.15) is 0 Å². The molecule has 84 valence electrons. The SMILES string of the molecule is Nc1cccc(S(=O)(=O)[O-])c1S(=O)(=O)[O-].[Na+].[Na+].